The van der Waals surface area contributed by atoms with Crippen molar-refractivity contribution >= 4 is 16.7 Å². The van der Waals surface area contributed by atoms with Gasteiger partial charge in [0, 0.05) is 0 Å². The molecular weight excluding hydrogens is 252 g/mol. The third kappa shape index (κ3) is 2.27. The van der Waals surface area contributed by atoms with Crippen LogP contribution >= 0.6 is 0 Å². The second kappa shape index (κ2) is 5.15. The Morgan fingerprint density at radius 1 is 0.800 bits per heavy atom. The summed E-state index contributed by atoms with van der Waals surface area (Å²) in [6.45, 7) is 0. The molecule has 0 unspecified atom stereocenters. The average molecular weight is 264 g/mol. The predicted molar refractivity (Wildman–Crippen MR) is 77.4 cm³/mol. The fourth-order valence-electron chi connectivity index (χ4n) is 2.24. The summed E-state index contributed by atoms with van der Waals surface area (Å²) < 4.78 is 0. The Balaban J connectivity index is 2.12. The zero-order chi connectivity index (χ0) is 13.9. The highest BCUT2D eigenvalue weighted by molar-refractivity contribution is 5.96. The van der Waals surface area contributed by atoms with E-state index in [4.69, 9.17) is 5.26 Å². The Morgan fingerprint density at radius 3 is 2.30 bits per heavy atom. The van der Waals surface area contributed by atoms with Gasteiger partial charge < -0.3 is 0 Å². The van der Waals surface area contributed by atoms with Gasteiger partial charge in [-0.2, -0.15) is 5.26 Å². The van der Waals surface area contributed by atoms with E-state index >= 15 is 0 Å². The van der Waals surface area contributed by atoms with E-state index in [1.807, 2.05) is 54.6 Å². The van der Waals surface area contributed by atoms with Crippen molar-refractivity contribution in [1.29, 1.82) is 0 Å². The van der Waals surface area contributed by atoms with Gasteiger partial charge >= 0.3 is 5.97 Å². The monoisotopic (exact) mass is 264 g/mol. The summed E-state index contributed by atoms with van der Waals surface area (Å²) in [6.07, 6.45) is 0. The highest BCUT2D eigenvalue weighted by Crippen LogP contribution is 2.25. The molecule has 0 radical (unpaired) electrons. The first kappa shape index (κ1) is 12.4. The maximum Gasteiger partial charge on any atom is 0.372 e. The summed E-state index contributed by atoms with van der Waals surface area (Å²) in [5.41, 5.74) is 2.52. The highest BCUT2D eigenvalue weighted by Gasteiger charge is 2.08. The zero-order valence-corrected chi connectivity index (χ0v) is 10.6. The largest absolute Gasteiger partial charge is 0.372 e. The van der Waals surface area contributed by atoms with Crippen molar-refractivity contribution in [2.24, 2.45) is 0 Å². The van der Waals surface area contributed by atoms with Crippen molar-refractivity contribution in [2.75, 3.05) is 0 Å². The van der Waals surface area contributed by atoms with E-state index in [1.54, 1.807) is 12.1 Å². The van der Waals surface area contributed by atoms with Crippen LogP contribution in [-0.4, -0.2) is 11.2 Å². The van der Waals surface area contributed by atoms with Gasteiger partial charge in [0.15, 0.2) is 0 Å². The molecule has 0 saturated heterocycles. The maximum absolute atomic E-state index is 11.3. The van der Waals surface area contributed by atoms with Gasteiger partial charge in [0.1, 0.15) is 0 Å². The molecule has 3 nitrogen and oxygen atoms in total. The second-order valence-electron chi connectivity index (χ2n) is 4.52. The molecule has 0 fully saturated rings. The van der Waals surface area contributed by atoms with Gasteiger partial charge in [-0.15, -0.1) is 0 Å². The van der Waals surface area contributed by atoms with Crippen LogP contribution < -0.4 is 0 Å². The minimum absolute atomic E-state index is 0.324. The van der Waals surface area contributed by atoms with E-state index in [-0.39, 0.29) is 0 Å². The lowest BCUT2D eigenvalue weighted by molar-refractivity contribution is -0.182. The molecule has 0 aliphatic rings. The molecule has 0 aliphatic carbocycles. The third-order valence-electron chi connectivity index (χ3n) is 3.27. The van der Waals surface area contributed by atoms with Crippen molar-refractivity contribution < 1.29 is 14.9 Å². The van der Waals surface area contributed by atoms with Crippen LogP contribution in [0.5, 0.6) is 0 Å². The number of rotatable bonds is 2. The molecule has 0 bridgehead atoms. The molecular formula is C17H12O3. The fraction of sp³-hybridized carbons (Fsp3) is 0. The number of benzene rings is 3. The number of hydrogen-bond donors (Lipinski definition) is 1. The van der Waals surface area contributed by atoms with Crippen molar-refractivity contribution in [3.63, 3.8) is 0 Å². The molecule has 3 heteroatoms. The fourth-order valence-corrected chi connectivity index (χ4v) is 2.24. The van der Waals surface area contributed by atoms with Crippen molar-refractivity contribution in [3.05, 3.63) is 72.3 Å². The number of carbonyl (C=O) groups excluding carboxylic acids is 1. The van der Waals surface area contributed by atoms with Crippen molar-refractivity contribution in [3.8, 4) is 11.1 Å². The molecule has 0 spiro atoms. The van der Waals surface area contributed by atoms with E-state index in [0.717, 1.165) is 21.9 Å². The van der Waals surface area contributed by atoms with Crippen LogP contribution in [0.1, 0.15) is 10.4 Å². The van der Waals surface area contributed by atoms with Gasteiger partial charge in [-0.3, -0.25) is 4.89 Å². The Kier molecular flexibility index (Phi) is 3.19. The molecule has 0 saturated carbocycles. The minimum Gasteiger partial charge on any atom is -0.296 e. The maximum atomic E-state index is 11.3. The van der Waals surface area contributed by atoms with Crippen LogP contribution in [0.3, 0.4) is 0 Å². The Morgan fingerprint density at radius 2 is 1.55 bits per heavy atom. The van der Waals surface area contributed by atoms with Crippen LogP contribution in [0.4, 0.5) is 0 Å². The molecule has 3 aromatic carbocycles. The molecule has 3 rings (SSSR count). The molecule has 0 amide bonds. The predicted octanol–water partition coefficient (Wildman–Crippen LogP) is 4.14. The van der Waals surface area contributed by atoms with Gasteiger partial charge in [0.05, 0.1) is 5.56 Å². The van der Waals surface area contributed by atoms with Gasteiger partial charge in [-0.25, -0.2) is 4.79 Å². The van der Waals surface area contributed by atoms with E-state index < -0.39 is 5.97 Å². The lowest BCUT2D eigenvalue weighted by Gasteiger charge is -2.05. The Bertz CT molecular complexity index is 764. The van der Waals surface area contributed by atoms with E-state index in [1.165, 1.54) is 0 Å². The standard InChI is InChI=1S/C17H12O3/c18-17(20-19)15-9-7-13-6-8-14(10-16(13)11-15)12-4-2-1-3-5-12/h1-11,19H. The molecule has 0 aliphatic heterocycles. The number of fused-ring (bicyclic) bond motifs is 1. The molecule has 0 heterocycles. The smallest absolute Gasteiger partial charge is 0.296 e. The van der Waals surface area contributed by atoms with Crippen LogP contribution in [0, 0.1) is 0 Å². The number of carbonyl (C=O) groups is 1. The normalized spacial score (nSPS) is 10.4. The van der Waals surface area contributed by atoms with E-state index in [2.05, 4.69) is 4.89 Å². The summed E-state index contributed by atoms with van der Waals surface area (Å²) in [6, 6.07) is 21.2. The zero-order valence-electron chi connectivity index (χ0n) is 10.6. The first-order valence-electron chi connectivity index (χ1n) is 6.23. The van der Waals surface area contributed by atoms with Crippen LogP contribution in [0.25, 0.3) is 21.9 Å². The minimum atomic E-state index is -0.753. The summed E-state index contributed by atoms with van der Waals surface area (Å²) in [4.78, 5) is 15.1. The first-order chi connectivity index (χ1) is 9.78. The lowest BCUT2D eigenvalue weighted by atomic mass is 10.00. The summed E-state index contributed by atoms with van der Waals surface area (Å²) >= 11 is 0. The van der Waals surface area contributed by atoms with Gasteiger partial charge in [-0.05, 0) is 40.1 Å². The SMILES string of the molecule is O=C(OO)c1ccc2ccc(-c3ccccc3)cc2c1. The number of hydrogen-bond acceptors (Lipinski definition) is 3. The average Bonchev–Trinajstić information content (AvgIpc) is 2.54. The Hall–Kier alpha value is -2.65. The van der Waals surface area contributed by atoms with Gasteiger partial charge in [0.2, 0.25) is 0 Å². The quantitative estimate of drug-likeness (QED) is 0.559. The molecule has 20 heavy (non-hydrogen) atoms. The van der Waals surface area contributed by atoms with Crippen LogP contribution in [0.2, 0.25) is 0 Å². The topological polar surface area (TPSA) is 46.5 Å². The molecule has 1 N–H and O–H groups in total. The molecule has 0 atom stereocenters. The summed E-state index contributed by atoms with van der Waals surface area (Å²) in [7, 11) is 0. The van der Waals surface area contributed by atoms with E-state index in [9.17, 15) is 4.79 Å². The lowest BCUT2D eigenvalue weighted by Crippen LogP contribution is -2.00. The highest BCUT2D eigenvalue weighted by atomic mass is 17.1. The van der Waals surface area contributed by atoms with Gasteiger partial charge in [0.25, 0.3) is 0 Å². The molecule has 98 valence electrons. The summed E-state index contributed by atoms with van der Waals surface area (Å²) in [5.74, 6) is -0.753. The van der Waals surface area contributed by atoms with Crippen LogP contribution in [0.15, 0.2) is 66.7 Å². The third-order valence-corrected chi connectivity index (χ3v) is 3.27. The van der Waals surface area contributed by atoms with Crippen molar-refractivity contribution in [2.45, 2.75) is 0 Å². The first-order valence-corrected chi connectivity index (χ1v) is 6.23. The second-order valence-corrected chi connectivity index (χ2v) is 4.52. The Labute approximate surface area is 116 Å². The molecule has 0 aromatic heterocycles. The van der Waals surface area contributed by atoms with Gasteiger partial charge in [-0.1, -0.05) is 48.5 Å². The molecule has 3 aromatic rings. The van der Waals surface area contributed by atoms with Crippen molar-refractivity contribution in [1.82, 2.24) is 0 Å². The van der Waals surface area contributed by atoms with Crippen LogP contribution in [-0.2, 0) is 4.89 Å². The van der Waals surface area contributed by atoms with E-state index in [0.29, 0.717) is 5.56 Å². The summed E-state index contributed by atoms with van der Waals surface area (Å²) in [5, 5.41) is 10.4.